The second-order valence-electron chi connectivity index (χ2n) is 9.44. The van der Waals surface area contributed by atoms with Crippen molar-refractivity contribution in [2.75, 3.05) is 18.1 Å². The average Bonchev–Trinajstić information content (AvgIpc) is 3.60. The number of ether oxygens (including phenoxy) is 2. The summed E-state index contributed by atoms with van der Waals surface area (Å²) in [5, 5.41) is 20.9. The second kappa shape index (κ2) is 13.9. The minimum Gasteiger partial charge on any atom is -0.507 e. The number of amides is 1. The summed E-state index contributed by atoms with van der Waals surface area (Å²) in [4.78, 5) is 28.4. The largest absolute Gasteiger partial charge is 0.507 e. The van der Waals surface area contributed by atoms with E-state index in [4.69, 9.17) is 21.1 Å². The van der Waals surface area contributed by atoms with Crippen molar-refractivity contribution in [2.24, 2.45) is 0 Å². The molecule has 1 aliphatic heterocycles. The standard InChI is InChI=1S/C32H28ClN3O5S2/c1-3-16-40-23-14-12-20(13-15-23)28(37)26-27(21-9-7-10-24(18-21)41-17-4-2)36(30(39)29(26)38)31-34-35-32(43-31)42-19-22-8-5-6-11-25(22)33/h4-15,18,27,37H,2-3,16-17,19H2,1H3. The van der Waals surface area contributed by atoms with Crippen molar-refractivity contribution < 1.29 is 24.2 Å². The molecule has 0 bridgehead atoms. The number of anilines is 1. The molecule has 11 heteroatoms. The van der Waals surface area contributed by atoms with Gasteiger partial charge < -0.3 is 14.6 Å². The van der Waals surface area contributed by atoms with E-state index in [0.717, 1.165) is 12.0 Å². The van der Waals surface area contributed by atoms with Crippen LogP contribution in [0.2, 0.25) is 5.02 Å². The van der Waals surface area contributed by atoms with E-state index >= 15 is 0 Å². The molecule has 1 saturated heterocycles. The third-order valence-electron chi connectivity index (χ3n) is 6.50. The number of aromatic nitrogens is 2. The highest BCUT2D eigenvalue weighted by atomic mass is 35.5. The highest BCUT2D eigenvalue weighted by molar-refractivity contribution is 8.00. The Morgan fingerprint density at radius 3 is 2.60 bits per heavy atom. The highest BCUT2D eigenvalue weighted by Gasteiger charge is 2.48. The molecular weight excluding hydrogens is 606 g/mol. The molecule has 2 heterocycles. The summed E-state index contributed by atoms with van der Waals surface area (Å²) >= 11 is 8.91. The molecule has 5 rings (SSSR count). The molecule has 4 aromatic rings. The minimum absolute atomic E-state index is 0.0615. The van der Waals surface area contributed by atoms with Gasteiger partial charge in [-0.25, -0.2) is 0 Å². The summed E-state index contributed by atoms with van der Waals surface area (Å²) < 4.78 is 12.0. The summed E-state index contributed by atoms with van der Waals surface area (Å²) in [5.41, 5.74) is 1.81. The van der Waals surface area contributed by atoms with Crippen LogP contribution in [0.3, 0.4) is 0 Å². The summed E-state index contributed by atoms with van der Waals surface area (Å²) in [7, 11) is 0. The van der Waals surface area contributed by atoms with Gasteiger partial charge in [0.2, 0.25) is 5.13 Å². The second-order valence-corrected chi connectivity index (χ2v) is 12.0. The first-order valence-corrected chi connectivity index (χ1v) is 15.7. The van der Waals surface area contributed by atoms with Gasteiger partial charge in [0.05, 0.1) is 18.2 Å². The normalized spacial score (nSPS) is 16.0. The molecule has 3 aromatic carbocycles. The fourth-order valence-electron chi connectivity index (χ4n) is 4.47. The Kier molecular flexibility index (Phi) is 9.81. The van der Waals surface area contributed by atoms with Crippen molar-refractivity contribution in [1.29, 1.82) is 0 Å². The molecule has 1 aromatic heterocycles. The molecule has 1 atom stereocenters. The number of hydrogen-bond donors (Lipinski definition) is 1. The average molecular weight is 634 g/mol. The Morgan fingerprint density at radius 1 is 1.07 bits per heavy atom. The Bertz CT molecular complexity index is 1670. The fourth-order valence-corrected chi connectivity index (χ4v) is 6.63. The van der Waals surface area contributed by atoms with Crippen molar-refractivity contribution in [2.45, 2.75) is 29.5 Å². The van der Waals surface area contributed by atoms with Gasteiger partial charge in [0.25, 0.3) is 5.78 Å². The lowest BCUT2D eigenvalue weighted by Crippen LogP contribution is -2.29. The predicted molar refractivity (Wildman–Crippen MR) is 170 cm³/mol. The minimum atomic E-state index is -0.974. The zero-order valence-electron chi connectivity index (χ0n) is 23.2. The third kappa shape index (κ3) is 6.77. The number of aliphatic hydroxyl groups is 1. The van der Waals surface area contributed by atoms with Gasteiger partial charge in [-0.3, -0.25) is 14.5 Å². The summed E-state index contributed by atoms with van der Waals surface area (Å²) in [6.45, 7) is 6.53. The lowest BCUT2D eigenvalue weighted by atomic mass is 9.95. The number of carbonyl (C=O) groups is 2. The van der Waals surface area contributed by atoms with Crippen molar-refractivity contribution >= 4 is 57.3 Å². The van der Waals surface area contributed by atoms with Crippen molar-refractivity contribution in [3.63, 3.8) is 0 Å². The van der Waals surface area contributed by atoms with E-state index in [1.54, 1.807) is 54.6 Å². The maximum Gasteiger partial charge on any atom is 0.301 e. The number of hydrogen-bond acceptors (Lipinski definition) is 9. The van der Waals surface area contributed by atoms with Gasteiger partial charge in [-0.1, -0.05) is 84.6 Å². The monoisotopic (exact) mass is 633 g/mol. The first kappa shape index (κ1) is 30.3. The molecule has 1 unspecified atom stereocenters. The van der Waals surface area contributed by atoms with Gasteiger partial charge in [-0.2, -0.15) is 0 Å². The van der Waals surface area contributed by atoms with Crippen LogP contribution in [0.15, 0.2) is 95.4 Å². The zero-order valence-corrected chi connectivity index (χ0v) is 25.6. The first-order chi connectivity index (χ1) is 20.9. The van der Waals surface area contributed by atoms with E-state index in [2.05, 4.69) is 16.8 Å². The van der Waals surface area contributed by atoms with Gasteiger partial charge >= 0.3 is 5.91 Å². The lowest BCUT2D eigenvalue weighted by Gasteiger charge is -2.23. The van der Waals surface area contributed by atoms with Gasteiger partial charge in [-0.15, -0.1) is 10.2 Å². The molecule has 0 aliphatic carbocycles. The van der Waals surface area contributed by atoms with Gasteiger partial charge in [0.15, 0.2) is 4.34 Å². The van der Waals surface area contributed by atoms with Crippen LogP contribution in [0.5, 0.6) is 11.5 Å². The van der Waals surface area contributed by atoms with Crippen LogP contribution in [0.25, 0.3) is 5.76 Å². The maximum absolute atomic E-state index is 13.6. The van der Waals surface area contributed by atoms with Crippen LogP contribution in [0.1, 0.15) is 36.1 Å². The topological polar surface area (TPSA) is 102 Å². The number of benzene rings is 3. The van der Waals surface area contributed by atoms with Gasteiger partial charge in [0, 0.05) is 16.3 Å². The van der Waals surface area contributed by atoms with E-state index in [-0.39, 0.29) is 23.1 Å². The Balaban J connectivity index is 1.53. The number of carbonyl (C=O) groups excluding carboxylic acids is 2. The Labute approximate surface area is 262 Å². The van der Waals surface area contributed by atoms with Crippen LogP contribution in [-0.4, -0.2) is 40.2 Å². The fraction of sp³-hybridized carbons (Fsp3) is 0.188. The summed E-state index contributed by atoms with van der Waals surface area (Å²) in [5.74, 6) is -0.232. The molecule has 0 spiro atoms. The first-order valence-electron chi connectivity index (χ1n) is 13.5. The van der Waals surface area contributed by atoms with Crippen LogP contribution in [0.4, 0.5) is 5.13 Å². The third-order valence-corrected chi connectivity index (χ3v) is 8.97. The summed E-state index contributed by atoms with van der Waals surface area (Å²) in [6.07, 6.45) is 2.47. The van der Waals surface area contributed by atoms with E-state index in [1.165, 1.54) is 28.0 Å². The molecule has 220 valence electrons. The maximum atomic E-state index is 13.6. The number of thioether (sulfide) groups is 1. The van der Waals surface area contributed by atoms with Crippen molar-refractivity contribution in [1.82, 2.24) is 10.2 Å². The van der Waals surface area contributed by atoms with Crippen LogP contribution < -0.4 is 14.4 Å². The number of halogens is 1. The van der Waals surface area contributed by atoms with Crippen LogP contribution >= 0.6 is 34.7 Å². The van der Waals surface area contributed by atoms with Crippen molar-refractivity contribution in [3.8, 4) is 11.5 Å². The molecule has 0 saturated carbocycles. The number of rotatable bonds is 12. The molecule has 1 fully saturated rings. The summed E-state index contributed by atoms with van der Waals surface area (Å²) in [6, 6.07) is 20.3. The van der Waals surface area contributed by atoms with Crippen LogP contribution in [0, 0.1) is 0 Å². The molecule has 0 radical (unpaired) electrons. The van der Waals surface area contributed by atoms with E-state index < -0.39 is 17.7 Å². The number of nitrogens with zero attached hydrogens (tertiary/aromatic N) is 3. The molecular formula is C32H28ClN3O5S2. The lowest BCUT2D eigenvalue weighted by molar-refractivity contribution is -0.132. The number of aliphatic hydroxyl groups excluding tert-OH is 1. The molecule has 1 N–H and O–H groups in total. The van der Waals surface area contributed by atoms with Crippen molar-refractivity contribution in [3.05, 3.63) is 113 Å². The van der Waals surface area contributed by atoms with E-state index in [1.807, 2.05) is 31.2 Å². The Hall–Kier alpha value is -4.12. The quantitative estimate of drug-likeness (QED) is 0.0428. The molecule has 8 nitrogen and oxygen atoms in total. The van der Waals surface area contributed by atoms with Gasteiger partial charge in [0.1, 0.15) is 23.9 Å². The van der Waals surface area contributed by atoms with Gasteiger partial charge in [-0.05, 0) is 60.0 Å². The van der Waals surface area contributed by atoms with E-state index in [9.17, 15) is 14.7 Å². The highest BCUT2D eigenvalue weighted by Crippen LogP contribution is 2.44. The smallest absolute Gasteiger partial charge is 0.301 e. The SMILES string of the molecule is C=CCOc1cccc(C2C(=C(O)c3ccc(OCCC)cc3)C(=O)C(=O)N2c2nnc(SCc3ccccc3Cl)s2)c1. The number of Topliss-reactive ketones (excluding diaryl/α,β-unsaturated/α-hetero) is 1. The Morgan fingerprint density at radius 2 is 1.86 bits per heavy atom. The predicted octanol–water partition coefficient (Wildman–Crippen LogP) is 7.46. The zero-order chi connectivity index (χ0) is 30.3. The molecule has 43 heavy (non-hydrogen) atoms. The van der Waals surface area contributed by atoms with Crippen LogP contribution in [-0.2, 0) is 15.3 Å². The van der Waals surface area contributed by atoms with E-state index in [0.29, 0.717) is 44.3 Å². The molecule has 1 amide bonds. The number of ketones is 1. The molecule has 1 aliphatic rings.